The van der Waals surface area contributed by atoms with Crippen LogP contribution in [0.15, 0.2) is 17.4 Å². The molecule has 2 atom stereocenters. The summed E-state index contributed by atoms with van der Waals surface area (Å²) >= 11 is 0. The third kappa shape index (κ3) is 1.70. The highest BCUT2D eigenvalue weighted by Gasteiger charge is 2.29. The van der Waals surface area contributed by atoms with Gasteiger partial charge in [-0.05, 0) is 19.0 Å². The maximum atomic E-state index is 8.99. The van der Waals surface area contributed by atoms with E-state index in [1.54, 1.807) is 11.3 Å². The van der Waals surface area contributed by atoms with Gasteiger partial charge in [0, 0.05) is 12.7 Å². The van der Waals surface area contributed by atoms with Crippen molar-refractivity contribution in [3.8, 4) is 6.07 Å². The Balaban J connectivity index is 2.04. The minimum absolute atomic E-state index is 0.0485. The molecule has 0 bridgehead atoms. The van der Waals surface area contributed by atoms with Crippen molar-refractivity contribution in [2.75, 3.05) is 13.1 Å². The molecule has 2 N–H and O–H groups in total. The zero-order chi connectivity index (χ0) is 9.80. The molecule has 0 aliphatic carbocycles. The molecular weight excluding hydrogens is 178 g/mol. The number of hydrogen-bond donors (Lipinski definition) is 2. The highest BCUT2D eigenvalue weighted by atomic mass is 15.7. The predicted octanol–water partition coefficient (Wildman–Crippen LogP) is -0.192. The number of nitrogens with zero attached hydrogens (tertiary/aromatic N) is 3. The lowest BCUT2D eigenvalue weighted by molar-refractivity contribution is 0.105. The molecule has 14 heavy (non-hydrogen) atoms. The Morgan fingerprint density at radius 3 is 3.21 bits per heavy atom. The van der Waals surface area contributed by atoms with Crippen LogP contribution >= 0.6 is 0 Å². The molecule has 0 aromatic carbocycles. The summed E-state index contributed by atoms with van der Waals surface area (Å²) in [5, 5.41) is 18.2. The van der Waals surface area contributed by atoms with E-state index in [1.165, 1.54) is 0 Å². The van der Waals surface area contributed by atoms with Crippen LogP contribution < -0.4 is 10.7 Å². The maximum Gasteiger partial charge on any atom is 0.0976 e. The molecule has 5 heteroatoms. The van der Waals surface area contributed by atoms with E-state index in [1.807, 2.05) is 12.3 Å². The van der Waals surface area contributed by atoms with Crippen molar-refractivity contribution in [3.63, 3.8) is 0 Å². The number of nitrogens with one attached hydrogen (secondary N) is 2. The van der Waals surface area contributed by atoms with Gasteiger partial charge in [-0.15, -0.1) is 0 Å². The first kappa shape index (κ1) is 9.03. The van der Waals surface area contributed by atoms with Gasteiger partial charge in [-0.25, -0.2) is 5.12 Å². The standard InChI is InChI=1S/C9H13N5/c10-6-8-2-5-11-7-9(8)14-12-3-1-4-13-14/h1,3-4,8-9,11-12H,2,5,7H2. The van der Waals surface area contributed by atoms with E-state index in [4.69, 9.17) is 5.26 Å². The van der Waals surface area contributed by atoms with Gasteiger partial charge in [-0.2, -0.15) is 10.4 Å². The van der Waals surface area contributed by atoms with Crippen molar-refractivity contribution in [2.45, 2.75) is 12.5 Å². The second-order valence-corrected chi connectivity index (χ2v) is 3.39. The number of rotatable bonds is 1. The molecule has 0 spiro atoms. The van der Waals surface area contributed by atoms with Crippen LogP contribution in [0.4, 0.5) is 0 Å². The second kappa shape index (κ2) is 4.11. The largest absolute Gasteiger partial charge is 0.314 e. The van der Waals surface area contributed by atoms with Crippen molar-refractivity contribution < 1.29 is 0 Å². The summed E-state index contributed by atoms with van der Waals surface area (Å²) in [6.07, 6.45) is 6.25. The summed E-state index contributed by atoms with van der Waals surface area (Å²) in [6.45, 7) is 1.72. The van der Waals surface area contributed by atoms with Crippen molar-refractivity contribution in [1.82, 2.24) is 15.9 Å². The molecule has 1 fully saturated rings. The Labute approximate surface area is 83.0 Å². The van der Waals surface area contributed by atoms with Crippen LogP contribution in [0.2, 0.25) is 0 Å². The highest BCUT2D eigenvalue weighted by molar-refractivity contribution is 5.71. The zero-order valence-corrected chi connectivity index (χ0v) is 7.85. The molecule has 2 heterocycles. The fourth-order valence-corrected chi connectivity index (χ4v) is 1.74. The predicted molar refractivity (Wildman–Crippen MR) is 53.0 cm³/mol. The van der Waals surface area contributed by atoms with Crippen molar-refractivity contribution in [2.24, 2.45) is 11.0 Å². The van der Waals surface area contributed by atoms with E-state index >= 15 is 0 Å². The summed E-state index contributed by atoms with van der Waals surface area (Å²) < 4.78 is 0. The third-order valence-corrected chi connectivity index (χ3v) is 2.51. The molecule has 2 aliphatic rings. The molecule has 0 amide bonds. The van der Waals surface area contributed by atoms with Crippen LogP contribution in [0.1, 0.15) is 6.42 Å². The molecule has 74 valence electrons. The van der Waals surface area contributed by atoms with Gasteiger partial charge in [0.2, 0.25) is 0 Å². The van der Waals surface area contributed by atoms with Gasteiger partial charge in [0.25, 0.3) is 0 Å². The smallest absolute Gasteiger partial charge is 0.0976 e. The number of piperidine rings is 1. The van der Waals surface area contributed by atoms with Crippen LogP contribution in [0, 0.1) is 17.2 Å². The second-order valence-electron chi connectivity index (χ2n) is 3.39. The van der Waals surface area contributed by atoms with Gasteiger partial charge in [-0.3, -0.25) is 5.43 Å². The van der Waals surface area contributed by atoms with Crippen molar-refractivity contribution >= 4 is 6.21 Å². The number of hydrogen-bond acceptors (Lipinski definition) is 5. The Kier molecular flexibility index (Phi) is 2.65. The van der Waals surface area contributed by atoms with Crippen molar-refractivity contribution in [3.05, 3.63) is 12.3 Å². The van der Waals surface area contributed by atoms with Crippen LogP contribution in [-0.2, 0) is 0 Å². The fraction of sp³-hybridized carbons (Fsp3) is 0.556. The molecule has 0 aromatic heterocycles. The van der Waals surface area contributed by atoms with Gasteiger partial charge < -0.3 is 5.32 Å². The molecule has 1 saturated heterocycles. The van der Waals surface area contributed by atoms with Gasteiger partial charge in [0.15, 0.2) is 0 Å². The Bertz CT molecular complexity index is 290. The van der Waals surface area contributed by atoms with Crippen LogP contribution in [0.5, 0.6) is 0 Å². The first-order chi connectivity index (χ1) is 6.92. The number of hydrazone groups is 1. The molecule has 2 unspecified atom stereocenters. The topological polar surface area (TPSA) is 63.5 Å². The number of nitriles is 1. The van der Waals surface area contributed by atoms with E-state index in [-0.39, 0.29) is 12.0 Å². The van der Waals surface area contributed by atoms with Gasteiger partial charge in [0.1, 0.15) is 0 Å². The van der Waals surface area contributed by atoms with Crippen LogP contribution in [0.25, 0.3) is 0 Å². The van der Waals surface area contributed by atoms with Gasteiger partial charge in [0.05, 0.1) is 24.2 Å². The van der Waals surface area contributed by atoms with Crippen LogP contribution in [0.3, 0.4) is 0 Å². The summed E-state index contributed by atoms with van der Waals surface area (Å²) in [6, 6.07) is 2.45. The first-order valence-electron chi connectivity index (χ1n) is 4.76. The minimum Gasteiger partial charge on any atom is -0.314 e. The minimum atomic E-state index is 0.0485. The monoisotopic (exact) mass is 191 g/mol. The van der Waals surface area contributed by atoms with Gasteiger partial charge in [-0.1, -0.05) is 0 Å². The number of hydrazine groups is 1. The lowest BCUT2D eigenvalue weighted by Gasteiger charge is -2.35. The Morgan fingerprint density at radius 2 is 2.50 bits per heavy atom. The quantitative estimate of drug-likeness (QED) is 0.603. The maximum absolute atomic E-state index is 8.99. The van der Waals surface area contributed by atoms with Gasteiger partial charge >= 0.3 is 0 Å². The van der Waals surface area contributed by atoms with E-state index < -0.39 is 0 Å². The highest BCUT2D eigenvalue weighted by Crippen LogP contribution is 2.16. The normalized spacial score (nSPS) is 30.9. The van der Waals surface area contributed by atoms with Crippen LogP contribution in [-0.4, -0.2) is 30.5 Å². The molecular formula is C9H13N5. The van der Waals surface area contributed by atoms with Crippen molar-refractivity contribution in [1.29, 1.82) is 5.26 Å². The molecule has 0 aromatic rings. The summed E-state index contributed by atoms with van der Waals surface area (Å²) in [5.41, 5.74) is 3.02. The number of allylic oxidation sites excluding steroid dienone is 1. The fourth-order valence-electron chi connectivity index (χ4n) is 1.74. The SMILES string of the molecule is N#CC1CCNCC1N1N=CC=CN1. The zero-order valence-electron chi connectivity index (χ0n) is 7.85. The average molecular weight is 191 g/mol. The lowest BCUT2D eigenvalue weighted by atomic mass is 9.94. The summed E-state index contributed by atoms with van der Waals surface area (Å²) in [4.78, 5) is 0. The lowest BCUT2D eigenvalue weighted by Crippen LogP contribution is -2.53. The molecule has 0 saturated carbocycles. The first-order valence-corrected chi connectivity index (χ1v) is 4.76. The van der Waals surface area contributed by atoms with E-state index in [0.717, 1.165) is 19.5 Å². The molecule has 5 nitrogen and oxygen atoms in total. The molecule has 2 rings (SSSR count). The summed E-state index contributed by atoms with van der Waals surface area (Å²) in [7, 11) is 0. The van der Waals surface area contributed by atoms with E-state index in [2.05, 4.69) is 21.9 Å². The average Bonchev–Trinajstić information content (AvgIpc) is 2.30. The third-order valence-electron chi connectivity index (χ3n) is 2.51. The van der Waals surface area contributed by atoms with E-state index in [0.29, 0.717) is 0 Å². The Hall–Kier alpha value is -1.54. The molecule has 0 radical (unpaired) electrons. The molecule has 2 aliphatic heterocycles. The van der Waals surface area contributed by atoms with E-state index in [9.17, 15) is 0 Å². The summed E-state index contributed by atoms with van der Waals surface area (Å²) in [5.74, 6) is 0.0485. The Morgan fingerprint density at radius 1 is 1.57 bits per heavy atom.